The molecule has 1 aromatic heterocycles. The van der Waals surface area contributed by atoms with Crippen LogP contribution in [0.25, 0.3) is 5.69 Å². The normalized spacial score (nSPS) is 16.1. The molecule has 2 N–H and O–H groups in total. The van der Waals surface area contributed by atoms with E-state index in [9.17, 15) is 14.7 Å². The molecule has 3 aromatic rings. The Bertz CT molecular complexity index is 1090. The van der Waals surface area contributed by atoms with Crippen molar-refractivity contribution in [2.24, 2.45) is 0 Å². The van der Waals surface area contributed by atoms with Crippen molar-refractivity contribution in [2.75, 3.05) is 18.5 Å². The van der Waals surface area contributed by atoms with E-state index < -0.39 is 0 Å². The molecule has 0 aliphatic carbocycles. The second-order valence-corrected chi connectivity index (χ2v) is 8.09. The van der Waals surface area contributed by atoms with E-state index in [2.05, 4.69) is 10.4 Å². The van der Waals surface area contributed by atoms with Gasteiger partial charge in [-0.15, -0.1) is 0 Å². The third-order valence-corrected chi connectivity index (χ3v) is 5.97. The van der Waals surface area contributed by atoms with E-state index in [4.69, 9.17) is 0 Å². The monoisotopic (exact) mass is 432 g/mol. The number of aliphatic hydroxyl groups excluding tert-OH is 1. The number of anilines is 1. The van der Waals surface area contributed by atoms with Crippen LogP contribution in [0, 0.1) is 6.92 Å². The number of carbonyl (C=O) groups is 2. The molecule has 1 aliphatic heterocycles. The molecule has 32 heavy (non-hydrogen) atoms. The van der Waals surface area contributed by atoms with Crippen molar-refractivity contribution in [2.45, 2.75) is 38.6 Å². The Morgan fingerprint density at radius 1 is 1.12 bits per heavy atom. The Hall–Kier alpha value is -3.45. The van der Waals surface area contributed by atoms with Crippen LogP contribution < -0.4 is 5.32 Å². The Kier molecular flexibility index (Phi) is 6.66. The highest BCUT2D eigenvalue weighted by Gasteiger charge is 2.27. The van der Waals surface area contributed by atoms with Gasteiger partial charge in [-0.1, -0.05) is 24.3 Å². The van der Waals surface area contributed by atoms with Gasteiger partial charge in [0.15, 0.2) is 0 Å². The summed E-state index contributed by atoms with van der Waals surface area (Å²) in [6, 6.07) is 16.7. The number of carbonyl (C=O) groups excluding carboxylic acids is 2. The third-order valence-electron chi connectivity index (χ3n) is 5.97. The highest BCUT2D eigenvalue weighted by Crippen LogP contribution is 2.23. The minimum absolute atomic E-state index is 0.0611. The Morgan fingerprint density at radius 3 is 2.72 bits per heavy atom. The molecule has 0 saturated carbocycles. The number of rotatable bonds is 6. The number of benzene rings is 2. The minimum atomic E-state index is -0.273. The van der Waals surface area contributed by atoms with Crippen LogP contribution >= 0.6 is 0 Å². The second-order valence-electron chi connectivity index (χ2n) is 8.09. The third kappa shape index (κ3) is 4.57. The number of piperidine rings is 1. The van der Waals surface area contributed by atoms with E-state index in [-0.39, 0.29) is 24.5 Å². The molecule has 1 saturated heterocycles. The van der Waals surface area contributed by atoms with Gasteiger partial charge >= 0.3 is 0 Å². The summed E-state index contributed by atoms with van der Waals surface area (Å²) in [5.41, 5.74) is 3.19. The van der Waals surface area contributed by atoms with Crippen molar-refractivity contribution in [3.8, 4) is 5.69 Å². The number of hydrogen-bond acceptors (Lipinski definition) is 4. The van der Waals surface area contributed by atoms with Crippen LogP contribution in [-0.4, -0.2) is 50.8 Å². The van der Waals surface area contributed by atoms with E-state index >= 15 is 0 Å². The maximum absolute atomic E-state index is 13.1. The van der Waals surface area contributed by atoms with Crippen LogP contribution in [0.3, 0.4) is 0 Å². The molecule has 0 spiro atoms. The summed E-state index contributed by atoms with van der Waals surface area (Å²) < 4.78 is 1.73. The van der Waals surface area contributed by atoms with E-state index in [1.54, 1.807) is 35.1 Å². The zero-order valence-electron chi connectivity index (χ0n) is 18.2. The summed E-state index contributed by atoms with van der Waals surface area (Å²) in [7, 11) is 0. The lowest BCUT2D eigenvalue weighted by Crippen LogP contribution is -2.44. The molecule has 2 aromatic carbocycles. The van der Waals surface area contributed by atoms with Gasteiger partial charge < -0.3 is 15.3 Å². The lowest BCUT2D eigenvalue weighted by Gasteiger charge is -2.35. The fourth-order valence-corrected chi connectivity index (χ4v) is 4.27. The molecule has 0 unspecified atom stereocenters. The van der Waals surface area contributed by atoms with E-state index in [1.807, 2.05) is 42.2 Å². The Morgan fingerprint density at radius 2 is 1.94 bits per heavy atom. The number of aromatic nitrogens is 2. The van der Waals surface area contributed by atoms with Crippen LogP contribution in [0.2, 0.25) is 0 Å². The first-order valence-electron chi connectivity index (χ1n) is 11.0. The van der Waals surface area contributed by atoms with E-state index in [0.717, 1.165) is 30.6 Å². The van der Waals surface area contributed by atoms with Gasteiger partial charge in [-0.05, 0) is 62.9 Å². The summed E-state index contributed by atoms with van der Waals surface area (Å²) in [5, 5.41) is 16.6. The predicted molar refractivity (Wildman–Crippen MR) is 123 cm³/mol. The molecular formula is C25H28N4O3. The molecule has 2 amide bonds. The second kappa shape index (κ2) is 9.78. The van der Waals surface area contributed by atoms with Crippen LogP contribution in [0.1, 0.15) is 52.1 Å². The minimum Gasteiger partial charge on any atom is -0.396 e. The van der Waals surface area contributed by atoms with Gasteiger partial charge in [-0.2, -0.15) is 5.10 Å². The van der Waals surface area contributed by atoms with Crippen LogP contribution in [0.4, 0.5) is 5.69 Å². The van der Waals surface area contributed by atoms with Gasteiger partial charge in [-0.25, -0.2) is 4.68 Å². The summed E-state index contributed by atoms with van der Waals surface area (Å²) in [6.07, 6.45) is 5.09. The van der Waals surface area contributed by atoms with Gasteiger partial charge in [0.2, 0.25) is 0 Å². The maximum atomic E-state index is 13.1. The van der Waals surface area contributed by atoms with Crippen molar-refractivity contribution in [3.05, 3.63) is 77.6 Å². The van der Waals surface area contributed by atoms with E-state index in [1.165, 1.54) is 0 Å². The number of hydrogen-bond donors (Lipinski definition) is 2. The number of amides is 2. The fraction of sp³-hybridized carbons (Fsp3) is 0.320. The van der Waals surface area contributed by atoms with Gasteiger partial charge in [0.05, 0.1) is 23.1 Å². The first kappa shape index (κ1) is 21.8. The molecule has 1 atom stereocenters. The molecule has 7 nitrogen and oxygen atoms in total. The summed E-state index contributed by atoms with van der Waals surface area (Å²) in [5.74, 6) is -0.335. The number of likely N-dealkylation sites (tertiary alicyclic amines) is 1. The topological polar surface area (TPSA) is 87.5 Å². The quantitative estimate of drug-likeness (QED) is 0.620. The maximum Gasteiger partial charge on any atom is 0.259 e. The SMILES string of the molecule is Cc1c(C(=O)Nc2cccc(C(=O)N3CCCC[C@@H]3CCO)c2)cnn1-c1ccccc1. The standard InChI is InChI=1S/C25H28N4O3/c1-18-23(17-26-29(18)22-11-3-2-4-12-22)24(31)27-20-9-7-8-19(16-20)25(32)28-14-6-5-10-21(28)13-15-30/h2-4,7-9,11-12,16-17,21,30H,5-6,10,13-15H2,1H3,(H,27,31)/t21-/m1/s1. The first-order valence-corrected chi connectivity index (χ1v) is 11.0. The molecule has 166 valence electrons. The molecular weight excluding hydrogens is 404 g/mol. The van der Waals surface area contributed by atoms with Gasteiger partial charge in [-0.3, -0.25) is 9.59 Å². The Balaban J connectivity index is 1.50. The van der Waals surface area contributed by atoms with Crippen molar-refractivity contribution >= 4 is 17.5 Å². The lowest BCUT2D eigenvalue weighted by molar-refractivity contribution is 0.0574. The lowest BCUT2D eigenvalue weighted by atomic mass is 9.98. The molecule has 1 aliphatic rings. The largest absolute Gasteiger partial charge is 0.396 e. The van der Waals surface area contributed by atoms with Crippen LogP contribution in [0.15, 0.2) is 60.8 Å². The number of para-hydroxylation sites is 1. The highest BCUT2D eigenvalue weighted by atomic mass is 16.3. The highest BCUT2D eigenvalue weighted by molar-refractivity contribution is 6.05. The summed E-state index contributed by atoms with van der Waals surface area (Å²) in [4.78, 5) is 27.9. The van der Waals surface area contributed by atoms with Gasteiger partial charge in [0.1, 0.15) is 0 Å². The molecule has 7 heteroatoms. The van der Waals surface area contributed by atoms with Crippen molar-refractivity contribution < 1.29 is 14.7 Å². The average molecular weight is 433 g/mol. The van der Waals surface area contributed by atoms with Crippen LogP contribution in [-0.2, 0) is 0 Å². The Labute approximate surface area is 187 Å². The molecule has 1 fully saturated rings. The fourth-order valence-electron chi connectivity index (χ4n) is 4.27. The number of aliphatic hydroxyl groups is 1. The van der Waals surface area contributed by atoms with Crippen molar-refractivity contribution in [1.29, 1.82) is 0 Å². The van der Waals surface area contributed by atoms with Crippen molar-refractivity contribution in [3.63, 3.8) is 0 Å². The first-order chi connectivity index (χ1) is 15.6. The molecule has 4 rings (SSSR count). The zero-order valence-corrected chi connectivity index (χ0v) is 18.2. The smallest absolute Gasteiger partial charge is 0.259 e. The summed E-state index contributed by atoms with van der Waals surface area (Å²) >= 11 is 0. The number of nitrogens with one attached hydrogen (secondary N) is 1. The predicted octanol–water partition coefficient (Wildman–Crippen LogP) is 3.81. The zero-order chi connectivity index (χ0) is 22.5. The average Bonchev–Trinajstić information content (AvgIpc) is 3.21. The van der Waals surface area contributed by atoms with Crippen molar-refractivity contribution in [1.82, 2.24) is 14.7 Å². The summed E-state index contributed by atoms with van der Waals surface area (Å²) in [6.45, 7) is 2.62. The molecule has 2 heterocycles. The molecule has 0 bridgehead atoms. The molecule has 0 radical (unpaired) electrons. The van der Waals surface area contributed by atoms with E-state index in [0.29, 0.717) is 29.8 Å². The van der Waals surface area contributed by atoms with Crippen LogP contribution in [0.5, 0.6) is 0 Å². The van der Waals surface area contributed by atoms with Gasteiger partial charge in [0, 0.05) is 30.4 Å². The number of nitrogens with zero attached hydrogens (tertiary/aromatic N) is 3. The van der Waals surface area contributed by atoms with Gasteiger partial charge in [0.25, 0.3) is 11.8 Å².